The van der Waals surface area contributed by atoms with E-state index in [9.17, 15) is 0 Å². The summed E-state index contributed by atoms with van der Waals surface area (Å²) in [7, 11) is 0. The van der Waals surface area contributed by atoms with Crippen LogP contribution in [0, 0.1) is 18.5 Å². The molecule has 2 rings (SSSR count). The molecule has 1 heterocycles. The van der Waals surface area contributed by atoms with E-state index in [1.54, 1.807) is 0 Å². The van der Waals surface area contributed by atoms with Crippen LogP contribution in [0.15, 0.2) is 24.3 Å². The van der Waals surface area contributed by atoms with E-state index in [4.69, 9.17) is 12.2 Å². The monoisotopic (exact) mass is 189 g/mol. The third-order valence-corrected chi connectivity index (χ3v) is 2.56. The Balaban J connectivity index is 3.00. The van der Waals surface area contributed by atoms with Gasteiger partial charge in [0.15, 0.2) is 0 Å². The van der Waals surface area contributed by atoms with E-state index in [1.165, 1.54) is 16.5 Å². The fourth-order valence-electron chi connectivity index (χ4n) is 1.54. The van der Waals surface area contributed by atoms with Crippen molar-refractivity contribution in [3.05, 3.63) is 40.0 Å². The molecular weight excluding hydrogens is 178 g/mol. The Morgan fingerprint density at radius 2 is 1.69 bits per heavy atom. The van der Waals surface area contributed by atoms with Gasteiger partial charge in [0.05, 0.1) is 0 Å². The van der Waals surface area contributed by atoms with Crippen LogP contribution in [0.25, 0.3) is 10.9 Å². The minimum atomic E-state index is 0.793. The molecule has 1 nitrogen and oxygen atoms in total. The van der Waals surface area contributed by atoms with Gasteiger partial charge in [-0.25, -0.2) is 0 Å². The highest BCUT2D eigenvalue weighted by Crippen LogP contribution is 2.19. The molecule has 1 aromatic carbocycles. The van der Waals surface area contributed by atoms with Gasteiger partial charge in [-0.3, -0.25) is 0 Å². The average Bonchev–Trinajstić information content (AvgIpc) is 2.12. The molecule has 13 heavy (non-hydrogen) atoms. The van der Waals surface area contributed by atoms with Crippen LogP contribution in [-0.2, 0) is 0 Å². The molecule has 0 saturated heterocycles. The first-order valence-corrected chi connectivity index (χ1v) is 4.68. The highest BCUT2D eigenvalue weighted by Gasteiger charge is 1.98. The quantitative estimate of drug-likeness (QED) is 0.627. The Hall–Kier alpha value is -1.15. The number of fused-ring (bicyclic) bond motifs is 1. The van der Waals surface area contributed by atoms with E-state index < -0.39 is 0 Å². The van der Waals surface area contributed by atoms with Gasteiger partial charge in [0, 0.05) is 10.9 Å². The second-order valence-electron chi connectivity index (χ2n) is 3.31. The molecule has 0 amide bonds. The predicted octanol–water partition coefficient (Wildman–Crippen LogP) is 3.51. The first-order valence-electron chi connectivity index (χ1n) is 4.28. The van der Waals surface area contributed by atoms with E-state index in [0.717, 1.165) is 10.2 Å². The molecule has 2 aromatic rings. The van der Waals surface area contributed by atoms with Gasteiger partial charge in [0.25, 0.3) is 0 Å². The van der Waals surface area contributed by atoms with Crippen molar-refractivity contribution in [3.8, 4) is 0 Å². The first kappa shape index (κ1) is 8.45. The summed E-state index contributed by atoms with van der Waals surface area (Å²) >= 11 is 5.09. The summed E-state index contributed by atoms with van der Waals surface area (Å²) in [4.78, 5) is 3.21. The van der Waals surface area contributed by atoms with Gasteiger partial charge in [0.1, 0.15) is 4.64 Å². The smallest absolute Gasteiger partial charge is 0.103 e. The predicted molar refractivity (Wildman–Crippen MR) is 58.6 cm³/mol. The zero-order chi connectivity index (χ0) is 9.42. The number of pyridine rings is 1. The zero-order valence-electron chi connectivity index (χ0n) is 7.72. The summed E-state index contributed by atoms with van der Waals surface area (Å²) in [5, 5.41) is 1.26. The number of benzene rings is 1. The van der Waals surface area contributed by atoms with Crippen LogP contribution in [0.5, 0.6) is 0 Å². The van der Waals surface area contributed by atoms with Crippen LogP contribution in [0.3, 0.4) is 0 Å². The van der Waals surface area contributed by atoms with Crippen LogP contribution in [-0.4, -0.2) is 4.98 Å². The number of hydrogen-bond donors (Lipinski definition) is 1. The molecule has 0 fully saturated rings. The molecule has 0 radical (unpaired) electrons. The van der Waals surface area contributed by atoms with Crippen molar-refractivity contribution in [2.45, 2.75) is 13.8 Å². The Morgan fingerprint density at radius 1 is 1.00 bits per heavy atom. The highest BCUT2D eigenvalue weighted by molar-refractivity contribution is 7.71. The number of aromatic amines is 1. The van der Waals surface area contributed by atoms with E-state index in [2.05, 4.69) is 37.0 Å². The topological polar surface area (TPSA) is 15.8 Å². The fraction of sp³-hybridized carbons (Fsp3) is 0.182. The van der Waals surface area contributed by atoms with E-state index in [0.29, 0.717) is 0 Å². The normalized spacial score (nSPS) is 10.6. The van der Waals surface area contributed by atoms with Crippen molar-refractivity contribution in [2.75, 3.05) is 0 Å². The maximum Gasteiger partial charge on any atom is 0.103 e. The molecule has 0 aliphatic carbocycles. The number of nitrogens with one attached hydrogen (secondary N) is 1. The second kappa shape index (κ2) is 2.96. The lowest BCUT2D eigenvalue weighted by Crippen LogP contribution is -1.86. The van der Waals surface area contributed by atoms with Crippen molar-refractivity contribution in [1.82, 2.24) is 4.98 Å². The lowest BCUT2D eigenvalue weighted by Gasteiger charge is -2.04. The summed E-state index contributed by atoms with van der Waals surface area (Å²) in [5.41, 5.74) is 3.69. The number of rotatable bonds is 0. The maximum atomic E-state index is 5.09. The van der Waals surface area contributed by atoms with Crippen molar-refractivity contribution < 1.29 is 0 Å². The van der Waals surface area contributed by atoms with Gasteiger partial charge in [-0.15, -0.1) is 0 Å². The van der Waals surface area contributed by atoms with Crippen LogP contribution in [0.4, 0.5) is 0 Å². The van der Waals surface area contributed by atoms with Gasteiger partial charge in [0.2, 0.25) is 0 Å². The Morgan fingerprint density at radius 3 is 2.46 bits per heavy atom. The van der Waals surface area contributed by atoms with Gasteiger partial charge in [-0.1, -0.05) is 24.4 Å². The van der Waals surface area contributed by atoms with Crippen molar-refractivity contribution in [2.24, 2.45) is 0 Å². The van der Waals surface area contributed by atoms with Crippen molar-refractivity contribution in [3.63, 3.8) is 0 Å². The SMILES string of the molecule is Cc1ccc(C)c2[nH]c(=S)ccc12. The minimum Gasteiger partial charge on any atom is -0.346 e. The Labute approximate surface area is 82.4 Å². The molecule has 1 aromatic heterocycles. The largest absolute Gasteiger partial charge is 0.346 e. The van der Waals surface area contributed by atoms with Gasteiger partial charge >= 0.3 is 0 Å². The number of aryl methyl sites for hydroxylation is 2. The zero-order valence-corrected chi connectivity index (χ0v) is 8.53. The molecule has 0 aliphatic rings. The molecular formula is C11H11NS. The second-order valence-corrected chi connectivity index (χ2v) is 3.75. The van der Waals surface area contributed by atoms with E-state index >= 15 is 0 Å². The summed E-state index contributed by atoms with van der Waals surface area (Å²) in [6.45, 7) is 4.20. The van der Waals surface area contributed by atoms with Crippen molar-refractivity contribution >= 4 is 23.1 Å². The molecule has 0 atom stereocenters. The maximum absolute atomic E-state index is 5.09. The molecule has 0 aliphatic heterocycles. The van der Waals surface area contributed by atoms with E-state index in [1.807, 2.05) is 6.07 Å². The van der Waals surface area contributed by atoms with Gasteiger partial charge in [-0.2, -0.15) is 0 Å². The molecule has 66 valence electrons. The molecule has 2 heteroatoms. The minimum absolute atomic E-state index is 0.793. The van der Waals surface area contributed by atoms with Crippen LogP contribution >= 0.6 is 12.2 Å². The first-order chi connectivity index (χ1) is 6.18. The molecule has 1 N–H and O–H groups in total. The lowest BCUT2D eigenvalue weighted by atomic mass is 10.1. The summed E-state index contributed by atoms with van der Waals surface area (Å²) in [6.07, 6.45) is 0. The summed E-state index contributed by atoms with van der Waals surface area (Å²) < 4.78 is 0.793. The highest BCUT2D eigenvalue weighted by atomic mass is 32.1. The Kier molecular flexibility index (Phi) is 1.93. The third-order valence-electron chi connectivity index (χ3n) is 2.32. The molecule has 0 saturated carbocycles. The van der Waals surface area contributed by atoms with Gasteiger partial charge in [-0.05, 0) is 37.1 Å². The molecule has 0 spiro atoms. The number of hydrogen-bond acceptors (Lipinski definition) is 1. The van der Waals surface area contributed by atoms with Crippen molar-refractivity contribution in [1.29, 1.82) is 0 Å². The van der Waals surface area contributed by atoms with Crippen LogP contribution < -0.4 is 0 Å². The van der Waals surface area contributed by atoms with Crippen LogP contribution in [0.2, 0.25) is 0 Å². The third kappa shape index (κ3) is 1.38. The van der Waals surface area contributed by atoms with Gasteiger partial charge < -0.3 is 4.98 Å². The summed E-state index contributed by atoms with van der Waals surface area (Å²) in [6, 6.07) is 8.26. The molecule has 0 unspecified atom stereocenters. The number of aromatic nitrogens is 1. The number of H-pyrrole nitrogens is 1. The van der Waals surface area contributed by atoms with E-state index in [-0.39, 0.29) is 0 Å². The Bertz CT molecular complexity index is 511. The van der Waals surface area contributed by atoms with Crippen LogP contribution in [0.1, 0.15) is 11.1 Å². The standard InChI is InChI=1S/C11H11NS/c1-7-3-4-8(2)11-9(7)5-6-10(13)12-11/h3-6H,1-2H3,(H,12,13). The average molecular weight is 189 g/mol. The fourth-order valence-corrected chi connectivity index (χ4v) is 1.71. The molecule has 0 bridgehead atoms. The summed E-state index contributed by atoms with van der Waals surface area (Å²) in [5.74, 6) is 0. The lowest BCUT2D eigenvalue weighted by molar-refractivity contribution is 1.32.